The second kappa shape index (κ2) is 8.12. The number of nitrogens with one attached hydrogen (secondary N) is 1. The van der Waals surface area contributed by atoms with E-state index in [0.29, 0.717) is 41.3 Å². The zero-order chi connectivity index (χ0) is 20.3. The molecule has 3 aromatic rings. The lowest BCUT2D eigenvalue weighted by atomic mass is 10.1. The third-order valence-corrected chi connectivity index (χ3v) is 4.35. The fourth-order valence-electron chi connectivity index (χ4n) is 3.07. The number of carbonyl (C=O) groups is 2. The van der Waals surface area contributed by atoms with Crippen molar-refractivity contribution in [2.75, 3.05) is 13.2 Å². The highest BCUT2D eigenvalue weighted by Gasteiger charge is 2.13. The molecule has 1 aromatic heterocycles. The average Bonchev–Trinajstić information content (AvgIpc) is 3.05. The molecule has 0 aliphatic carbocycles. The number of benzene rings is 2. The molecule has 3 rings (SSSR count). The molecule has 146 valence electrons. The van der Waals surface area contributed by atoms with Crippen LogP contribution in [-0.2, 0) is 11.2 Å². The molecule has 0 aliphatic rings. The van der Waals surface area contributed by atoms with Crippen molar-refractivity contribution < 1.29 is 23.8 Å². The molecule has 0 fully saturated rings. The molecular weight excluding hydrogens is 360 g/mol. The smallest absolute Gasteiger partial charge is 0.341 e. The van der Waals surface area contributed by atoms with E-state index in [4.69, 9.17) is 14.3 Å². The fraction of sp³-hybridized carbons (Fsp3) is 0.286. The number of oxazole rings is 1. The number of aromatic nitrogens is 1. The van der Waals surface area contributed by atoms with Gasteiger partial charge in [-0.3, -0.25) is 4.79 Å². The Morgan fingerprint density at radius 2 is 1.86 bits per heavy atom. The van der Waals surface area contributed by atoms with Gasteiger partial charge in [0, 0.05) is 18.5 Å². The van der Waals surface area contributed by atoms with Crippen LogP contribution in [0.25, 0.3) is 11.1 Å². The summed E-state index contributed by atoms with van der Waals surface area (Å²) in [5, 5.41) is 11.6. The Bertz CT molecular complexity index is 1020. The van der Waals surface area contributed by atoms with E-state index in [9.17, 15) is 9.59 Å². The Morgan fingerprint density at radius 1 is 1.14 bits per heavy atom. The van der Waals surface area contributed by atoms with Crippen LogP contribution in [0.1, 0.15) is 32.9 Å². The molecule has 7 nitrogen and oxygen atoms in total. The van der Waals surface area contributed by atoms with Gasteiger partial charge in [-0.1, -0.05) is 12.1 Å². The number of carboxylic acids is 1. The number of para-hydroxylation sites is 1. The van der Waals surface area contributed by atoms with E-state index >= 15 is 0 Å². The maximum atomic E-state index is 12.4. The number of ether oxygens (including phenoxy) is 1. The minimum atomic E-state index is -1.05. The SMILES string of the molecule is Cc1cc(C(=O)NCCc2nc3c(C)cccc3o2)cc(C)c1OCC(=O)O. The zero-order valence-corrected chi connectivity index (χ0v) is 16.0. The second-order valence-corrected chi connectivity index (χ2v) is 6.66. The van der Waals surface area contributed by atoms with E-state index in [2.05, 4.69) is 10.3 Å². The maximum absolute atomic E-state index is 12.4. The lowest BCUT2D eigenvalue weighted by molar-refractivity contribution is -0.139. The van der Waals surface area contributed by atoms with Crippen molar-refractivity contribution in [2.45, 2.75) is 27.2 Å². The van der Waals surface area contributed by atoms with E-state index in [0.717, 1.165) is 16.7 Å². The topological polar surface area (TPSA) is 102 Å². The molecule has 28 heavy (non-hydrogen) atoms. The van der Waals surface area contributed by atoms with Crippen LogP contribution in [0, 0.1) is 20.8 Å². The molecule has 0 aliphatic heterocycles. The number of aliphatic carboxylic acids is 1. The van der Waals surface area contributed by atoms with Crippen LogP contribution in [-0.4, -0.2) is 35.1 Å². The number of aryl methyl sites for hydroxylation is 3. The molecule has 0 unspecified atom stereocenters. The van der Waals surface area contributed by atoms with Crippen LogP contribution < -0.4 is 10.1 Å². The minimum absolute atomic E-state index is 0.219. The molecule has 0 saturated carbocycles. The summed E-state index contributed by atoms with van der Waals surface area (Å²) in [5.41, 5.74) is 4.54. The number of amides is 1. The van der Waals surface area contributed by atoms with Gasteiger partial charge >= 0.3 is 5.97 Å². The monoisotopic (exact) mass is 382 g/mol. The minimum Gasteiger partial charge on any atom is -0.481 e. The highest BCUT2D eigenvalue weighted by atomic mass is 16.5. The van der Waals surface area contributed by atoms with Gasteiger partial charge in [0.25, 0.3) is 5.91 Å². The van der Waals surface area contributed by atoms with Crippen LogP contribution in [0.3, 0.4) is 0 Å². The van der Waals surface area contributed by atoms with Gasteiger partial charge in [0.2, 0.25) is 0 Å². The van der Waals surface area contributed by atoms with E-state index < -0.39 is 12.6 Å². The number of carboxylic acid groups (broad SMARTS) is 1. The third-order valence-electron chi connectivity index (χ3n) is 4.35. The van der Waals surface area contributed by atoms with Gasteiger partial charge in [-0.25, -0.2) is 9.78 Å². The quantitative estimate of drug-likeness (QED) is 0.651. The Hall–Kier alpha value is -3.35. The van der Waals surface area contributed by atoms with Crippen LogP contribution in [0.4, 0.5) is 0 Å². The predicted molar refractivity (Wildman–Crippen MR) is 104 cm³/mol. The first-order valence-electron chi connectivity index (χ1n) is 8.94. The summed E-state index contributed by atoms with van der Waals surface area (Å²) in [7, 11) is 0. The first kappa shape index (κ1) is 19.4. The van der Waals surface area contributed by atoms with Gasteiger partial charge in [0.05, 0.1) is 0 Å². The van der Waals surface area contributed by atoms with Gasteiger partial charge in [0.1, 0.15) is 11.3 Å². The van der Waals surface area contributed by atoms with Crippen molar-refractivity contribution in [3.05, 3.63) is 58.5 Å². The van der Waals surface area contributed by atoms with Crippen LogP contribution in [0.15, 0.2) is 34.7 Å². The fourth-order valence-corrected chi connectivity index (χ4v) is 3.07. The average molecular weight is 382 g/mol. The summed E-state index contributed by atoms with van der Waals surface area (Å²) in [4.78, 5) is 27.6. The van der Waals surface area contributed by atoms with Gasteiger partial charge in [-0.2, -0.15) is 0 Å². The molecule has 2 N–H and O–H groups in total. The Balaban J connectivity index is 1.62. The lowest BCUT2D eigenvalue weighted by Gasteiger charge is -2.13. The van der Waals surface area contributed by atoms with Gasteiger partial charge in [-0.05, 0) is 55.7 Å². The van der Waals surface area contributed by atoms with E-state index in [1.807, 2.05) is 25.1 Å². The van der Waals surface area contributed by atoms with Gasteiger partial charge in [-0.15, -0.1) is 0 Å². The largest absolute Gasteiger partial charge is 0.481 e. The van der Waals surface area contributed by atoms with Crippen LogP contribution >= 0.6 is 0 Å². The van der Waals surface area contributed by atoms with E-state index in [-0.39, 0.29) is 5.91 Å². The van der Waals surface area contributed by atoms with E-state index in [1.54, 1.807) is 26.0 Å². The number of carbonyl (C=O) groups excluding carboxylic acids is 1. The summed E-state index contributed by atoms with van der Waals surface area (Å²) in [6.07, 6.45) is 0.484. The maximum Gasteiger partial charge on any atom is 0.341 e. The highest BCUT2D eigenvalue weighted by molar-refractivity contribution is 5.95. The molecule has 2 aromatic carbocycles. The third kappa shape index (κ3) is 4.31. The summed E-state index contributed by atoms with van der Waals surface area (Å²) < 4.78 is 11.0. The number of fused-ring (bicyclic) bond motifs is 1. The molecule has 0 radical (unpaired) electrons. The van der Waals surface area contributed by atoms with Gasteiger partial charge < -0.3 is 19.6 Å². The molecule has 7 heteroatoms. The Kier molecular flexibility index (Phi) is 5.63. The summed E-state index contributed by atoms with van der Waals surface area (Å²) in [6.45, 7) is 5.51. The lowest BCUT2D eigenvalue weighted by Crippen LogP contribution is -2.26. The standard InChI is InChI=1S/C21H22N2O5/c1-12-5-4-6-16-19(12)23-17(28-16)7-8-22-21(26)15-9-13(2)20(14(3)10-15)27-11-18(24)25/h4-6,9-10H,7-8,11H2,1-3H3,(H,22,26)(H,24,25). The number of nitrogens with zero attached hydrogens (tertiary/aromatic N) is 1. The number of rotatable bonds is 7. The summed E-state index contributed by atoms with van der Waals surface area (Å²) in [5.74, 6) is -0.200. The zero-order valence-electron chi connectivity index (χ0n) is 16.0. The first-order chi connectivity index (χ1) is 13.3. The number of hydrogen-bond donors (Lipinski definition) is 2. The molecular formula is C21H22N2O5. The van der Waals surface area contributed by atoms with Crippen LogP contribution in [0.2, 0.25) is 0 Å². The normalized spacial score (nSPS) is 10.8. The van der Waals surface area contributed by atoms with E-state index in [1.165, 1.54) is 0 Å². The predicted octanol–water partition coefficient (Wildman–Crippen LogP) is 3.19. The molecule has 0 bridgehead atoms. The van der Waals surface area contributed by atoms with Gasteiger partial charge in [0.15, 0.2) is 18.1 Å². The number of hydrogen-bond acceptors (Lipinski definition) is 5. The molecule has 0 atom stereocenters. The molecule has 1 amide bonds. The Labute approximate surface area is 162 Å². The summed E-state index contributed by atoms with van der Waals surface area (Å²) in [6, 6.07) is 9.13. The second-order valence-electron chi connectivity index (χ2n) is 6.66. The van der Waals surface area contributed by atoms with Crippen molar-refractivity contribution in [2.24, 2.45) is 0 Å². The first-order valence-corrected chi connectivity index (χ1v) is 8.94. The van der Waals surface area contributed by atoms with Crippen molar-refractivity contribution in [3.8, 4) is 5.75 Å². The van der Waals surface area contributed by atoms with Crippen molar-refractivity contribution in [3.63, 3.8) is 0 Å². The van der Waals surface area contributed by atoms with Crippen molar-refractivity contribution in [1.82, 2.24) is 10.3 Å². The van der Waals surface area contributed by atoms with Crippen molar-refractivity contribution >= 4 is 23.0 Å². The molecule has 1 heterocycles. The highest BCUT2D eigenvalue weighted by Crippen LogP contribution is 2.25. The molecule has 0 spiro atoms. The Morgan fingerprint density at radius 3 is 2.50 bits per heavy atom. The summed E-state index contributed by atoms with van der Waals surface area (Å²) >= 11 is 0. The van der Waals surface area contributed by atoms with Crippen molar-refractivity contribution in [1.29, 1.82) is 0 Å². The van der Waals surface area contributed by atoms with Crippen LogP contribution in [0.5, 0.6) is 5.75 Å². The molecule has 0 saturated heterocycles.